The number of carbonyl (C=O) groups excluding carboxylic acids is 2. The molecule has 0 fully saturated rings. The minimum Gasteiger partial charge on any atom is -0.467 e. The summed E-state index contributed by atoms with van der Waals surface area (Å²) in [7, 11) is 1.30. The van der Waals surface area contributed by atoms with Gasteiger partial charge in [0.2, 0.25) is 11.7 Å². The second-order valence-electron chi connectivity index (χ2n) is 5.96. The predicted molar refractivity (Wildman–Crippen MR) is 91.4 cm³/mol. The first-order valence-corrected chi connectivity index (χ1v) is 8.16. The van der Waals surface area contributed by atoms with Crippen molar-refractivity contribution in [1.29, 1.82) is 0 Å². The number of benzene rings is 1. The molecule has 0 spiro atoms. The van der Waals surface area contributed by atoms with Crippen LogP contribution in [0.2, 0.25) is 0 Å². The lowest BCUT2D eigenvalue weighted by Crippen LogP contribution is -2.46. The van der Waals surface area contributed by atoms with Crippen LogP contribution < -0.4 is 5.32 Å². The van der Waals surface area contributed by atoms with Crippen molar-refractivity contribution in [2.45, 2.75) is 39.8 Å². The molecule has 2 atom stereocenters. The van der Waals surface area contributed by atoms with Gasteiger partial charge in [0.25, 0.3) is 0 Å². The quantitative estimate of drug-likeness (QED) is 0.761. The van der Waals surface area contributed by atoms with Crippen LogP contribution in [-0.2, 0) is 20.9 Å². The Morgan fingerprint density at radius 1 is 1.28 bits per heavy atom. The van der Waals surface area contributed by atoms with Gasteiger partial charge in [0.05, 0.1) is 7.11 Å². The molecule has 134 valence electrons. The molecule has 0 aliphatic rings. The van der Waals surface area contributed by atoms with Gasteiger partial charge in [-0.25, -0.2) is 4.79 Å². The molecule has 0 radical (unpaired) electrons. The number of rotatable bonds is 7. The van der Waals surface area contributed by atoms with E-state index >= 15 is 0 Å². The smallest absolute Gasteiger partial charge is 0.328 e. The molecule has 2 aromatic rings. The number of amides is 1. The van der Waals surface area contributed by atoms with Crippen LogP contribution in [0.4, 0.5) is 0 Å². The topological polar surface area (TPSA) is 99.0 Å². The molecule has 0 bridgehead atoms. The summed E-state index contributed by atoms with van der Waals surface area (Å²) in [5.41, 5.74) is 1.96. The van der Waals surface area contributed by atoms with Crippen LogP contribution >= 0.6 is 0 Å². The molecule has 1 aromatic heterocycles. The maximum atomic E-state index is 12.2. The highest BCUT2D eigenvalue weighted by atomic mass is 16.5. The summed E-state index contributed by atoms with van der Waals surface area (Å²) in [5, 5.41) is 14.7. The molecule has 1 N–H and O–H groups in total. The fourth-order valence-electron chi connectivity index (χ4n) is 2.27. The first kappa shape index (κ1) is 18.6. The molecule has 0 aliphatic heterocycles. The zero-order valence-corrected chi connectivity index (χ0v) is 14.9. The molecule has 0 saturated carbocycles. The molecule has 0 saturated heterocycles. The highest BCUT2D eigenvalue weighted by Gasteiger charge is 2.26. The Bertz CT molecular complexity index is 726. The first-order chi connectivity index (χ1) is 11.9. The molecule has 8 heteroatoms. The zero-order chi connectivity index (χ0) is 18.4. The van der Waals surface area contributed by atoms with E-state index in [1.807, 2.05) is 45.0 Å². The van der Waals surface area contributed by atoms with Gasteiger partial charge in [0, 0.05) is 5.56 Å². The van der Waals surface area contributed by atoms with Crippen molar-refractivity contribution in [3.05, 3.63) is 29.8 Å². The van der Waals surface area contributed by atoms with Gasteiger partial charge in [-0.15, -0.1) is 10.2 Å². The highest BCUT2D eigenvalue weighted by Crippen LogP contribution is 2.14. The summed E-state index contributed by atoms with van der Waals surface area (Å²) in [6.45, 7) is 5.70. The van der Waals surface area contributed by atoms with Gasteiger partial charge >= 0.3 is 5.97 Å². The third-order valence-electron chi connectivity index (χ3n) is 4.03. The minimum atomic E-state index is -0.692. The number of aryl methyl sites for hydroxylation is 1. The van der Waals surface area contributed by atoms with E-state index in [0.29, 0.717) is 5.82 Å². The number of methoxy groups -OCH3 is 1. The molecule has 2 rings (SSSR count). The van der Waals surface area contributed by atoms with Gasteiger partial charge in [0.1, 0.15) is 12.6 Å². The predicted octanol–water partition coefficient (Wildman–Crippen LogP) is 1.35. The fourth-order valence-corrected chi connectivity index (χ4v) is 2.27. The maximum absolute atomic E-state index is 12.2. The molecule has 1 aromatic carbocycles. The fraction of sp³-hybridized carbons (Fsp3) is 0.471. The van der Waals surface area contributed by atoms with Crippen molar-refractivity contribution in [2.75, 3.05) is 7.11 Å². The standard InChI is InChI=1S/C17H23N5O3/c1-5-12(3)15(17(24)25-4)18-14(23)10-22-20-16(19-21-22)13-8-6-11(2)7-9-13/h6-9,12,15H,5,10H2,1-4H3,(H,18,23)/t12-,15+/m1/s1. The third-order valence-corrected chi connectivity index (χ3v) is 4.03. The summed E-state index contributed by atoms with van der Waals surface area (Å²) in [5.74, 6) is -0.430. The van der Waals surface area contributed by atoms with Crippen LogP contribution in [0.1, 0.15) is 25.8 Å². The van der Waals surface area contributed by atoms with Gasteiger partial charge in [-0.2, -0.15) is 4.80 Å². The number of aromatic nitrogens is 4. The number of nitrogens with zero attached hydrogens (tertiary/aromatic N) is 4. The Morgan fingerprint density at radius 2 is 1.96 bits per heavy atom. The number of ether oxygens (including phenoxy) is 1. The van der Waals surface area contributed by atoms with Crippen LogP contribution in [0.3, 0.4) is 0 Å². The first-order valence-electron chi connectivity index (χ1n) is 8.16. The average Bonchev–Trinajstić information content (AvgIpc) is 3.07. The van der Waals surface area contributed by atoms with E-state index in [4.69, 9.17) is 4.74 Å². The van der Waals surface area contributed by atoms with E-state index < -0.39 is 12.0 Å². The summed E-state index contributed by atoms with van der Waals surface area (Å²) >= 11 is 0. The van der Waals surface area contributed by atoms with Crippen molar-refractivity contribution in [2.24, 2.45) is 5.92 Å². The minimum absolute atomic E-state index is 0.0387. The molecule has 1 amide bonds. The van der Waals surface area contributed by atoms with Crippen molar-refractivity contribution in [1.82, 2.24) is 25.5 Å². The van der Waals surface area contributed by atoms with E-state index in [1.165, 1.54) is 11.9 Å². The van der Waals surface area contributed by atoms with E-state index in [0.717, 1.165) is 17.5 Å². The Labute approximate surface area is 146 Å². The normalized spacial score (nSPS) is 13.1. The molecule has 0 aliphatic carbocycles. The van der Waals surface area contributed by atoms with Crippen LogP contribution in [0, 0.1) is 12.8 Å². The maximum Gasteiger partial charge on any atom is 0.328 e. The summed E-state index contributed by atoms with van der Waals surface area (Å²) in [6, 6.07) is 7.01. The molecular formula is C17H23N5O3. The summed E-state index contributed by atoms with van der Waals surface area (Å²) < 4.78 is 4.75. The monoisotopic (exact) mass is 345 g/mol. The van der Waals surface area contributed by atoms with E-state index in [9.17, 15) is 9.59 Å². The van der Waals surface area contributed by atoms with Gasteiger partial charge in [-0.1, -0.05) is 50.1 Å². The number of hydrogen-bond donors (Lipinski definition) is 1. The van der Waals surface area contributed by atoms with Crippen LogP contribution in [-0.4, -0.2) is 45.2 Å². The molecular weight excluding hydrogens is 322 g/mol. The second-order valence-corrected chi connectivity index (χ2v) is 5.96. The van der Waals surface area contributed by atoms with Gasteiger partial charge in [-0.3, -0.25) is 4.79 Å². The van der Waals surface area contributed by atoms with Crippen LogP contribution in [0.25, 0.3) is 11.4 Å². The lowest BCUT2D eigenvalue weighted by Gasteiger charge is -2.21. The van der Waals surface area contributed by atoms with Crippen molar-refractivity contribution >= 4 is 11.9 Å². The SMILES string of the molecule is CC[C@@H](C)[C@H](NC(=O)Cn1nnc(-c2ccc(C)cc2)n1)C(=O)OC. The van der Waals surface area contributed by atoms with Crippen LogP contribution in [0.15, 0.2) is 24.3 Å². The zero-order valence-electron chi connectivity index (χ0n) is 14.9. The Balaban J connectivity index is 2.03. The molecule has 1 heterocycles. The number of esters is 1. The largest absolute Gasteiger partial charge is 0.467 e. The third kappa shape index (κ3) is 4.85. The Morgan fingerprint density at radius 3 is 2.56 bits per heavy atom. The van der Waals surface area contributed by atoms with Gasteiger partial charge < -0.3 is 10.1 Å². The van der Waals surface area contributed by atoms with E-state index in [2.05, 4.69) is 20.7 Å². The lowest BCUT2D eigenvalue weighted by molar-refractivity contribution is -0.146. The molecule has 8 nitrogen and oxygen atoms in total. The van der Waals surface area contributed by atoms with E-state index in [-0.39, 0.29) is 18.4 Å². The lowest BCUT2D eigenvalue weighted by atomic mass is 9.99. The number of nitrogens with one attached hydrogen (secondary N) is 1. The van der Waals surface area contributed by atoms with Crippen molar-refractivity contribution in [3.63, 3.8) is 0 Å². The van der Waals surface area contributed by atoms with Crippen LogP contribution in [0.5, 0.6) is 0 Å². The number of tetrazole rings is 1. The molecule has 25 heavy (non-hydrogen) atoms. The number of carbonyl (C=O) groups is 2. The average molecular weight is 345 g/mol. The Hall–Kier alpha value is -2.77. The summed E-state index contributed by atoms with van der Waals surface area (Å²) in [6.07, 6.45) is 0.735. The van der Waals surface area contributed by atoms with Gasteiger partial charge in [0.15, 0.2) is 0 Å². The van der Waals surface area contributed by atoms with E-state index in [1.54, 1.807) is 0 Å². The number of hydrogen-bond acceptors (Lipinski definition) is 6. The summed E-state index contributed by atoms with van der Waals surface area (Å²) in [4.78, 5) is 25.2. The van der Waals surface area contributed by atoms with Gasteiger partial charge in [-0.05, 0) is 18.1 Å². The second kappa shape index (κ2) is 8.36. The van der Waals surface area contributed by atoms with Crippen molar-refractivity contribution < 1.29 is 14.3 Å². The van der Waals surface area contributed by atoms with Crippen molar-refractivity contribution in [3.8, 4) is 11.4 Å². The highest BCUT2D eigenvalue weighted by molar-refractivity contribution is 5.84. The molecule has 0 unspecified atom stereocenters. The Kier molecular flexibility index (Phi) is 6.21.